The number of thioether (sulfide) groups is 1. The van der Waals surface area contributed by atoms with Crippen molar-refractivity contribution in [3.05, 3.63) is 94.2 Å². The van der Waals surface area contributed by atoms with E-state index < -0.39 is 22.5 Å². The lowest BCUT2D eigenvalue weighted by atomic mass is 10.2. The van der Waals surface area contributed by atoms with Crippen LogP contribution >= 0.6 is 35.0 Å². The van der Waals surface area contributed by atoms with Crippen LogP contribution in [0.15, 0.2) is 77.7 Å². The van der Waals surface area contributed by atoms with Crippen LogP contribution in [0.4, 0.5) is 10.1 Å². The summed E-state index contributed by atoms with van der Waals surface area (Å²) in [5.41, 5.74) is 0.858. The van der Waals surface area contributed by atoms with Gasteiger partial charge in [-0.2, -0.15) is 11.8 Å². The van der Waals surface area contributed by atoms with Gasteiger partial charge in [-0.3, -0.25) is 9.10 Å². The van der Waals surface area contributed by atoms with Gasteiger partial charge < -0.3 is 5.32 Å². The molecular weight excluding hydrogens is 506 g/mol. The predicted octanol–water partition coefficient (Wildman–Crippen LogP) is 5.38. The molecule has 1 amide bonds. The predicted molar refractivity (Wildman–Crippen MR) is 133 cm³/mol. The first-order valence-corrected chi connectivity index (χ1v) is 13.2. The largest absolute Gasteiger partial charge is 0.354 e. The van der Waals surface area contributed by atoms with E-state index in [0.717, 1.165) is 4.31 Å². The number of hydrogen-bond acceptors (Lipinski definition) is 4. The van der Waals surface area contributed by atoms with Crippen LogP contribution in [-0.2, 0) is 20.6 Å². The first kappa shape index (κ1) is 25.4. The summed E-state index contributed by atoms with van der Waals surface area (Å²) in [6.45, 7) is -0.119. The molecule has 0 aromatic heterocycles. The molecule has 0 unspecified atom stereocenters. The van der Waals surface area contributed by atoms with Crippen LogP contribution in [-0.4, -0.2) is 33.2 Å². The van der Waals surface area contributed by atoms with Crippen molar-refractivity contribution in [1.82, 2.24) is 5.32 Å². The summed E-state index contributed by atoms with van der Waals surface area (Å²) in [5, 5.41) is 3.46. The number of carbonyl (C=O) groups excluding carboxylic acids is 1. The first-order chi connectivity index (χ1) is 15.8. The van der Waals surface area contributed by atoms with Crippen molar-refractivity contribution in [3.63, 3.8) is 0 Å². The van der Waals surface area contributed by atoms with Crippen molar-refractivity contribution in [2.75, 3.05) is 23.1 Å². The summed E-state index contributed by atoms with van der Waals surface area (Å²) < 4.78 is 41.2. The molecule has 0 radical (unpaired) electrons. The van der Waals surface area contributed by atoms with E-state index in [1.807, 2.05) is 0 Å². The third-order valence-electron chi connectivity index (χ3n) is 4.57. The van der Waals surface area contributed by atoms with Crippen LogP contribution in [0, 0.1) is 5.82 Å². The Kier molecular flexibility index (Phi) is 9.02. The third-order valence-corrected chi connectivity index (χ3v) is 7.85. The van der Waals surface area contributed by atoms with E-state index in [1.54, 1.807) is 36.4 Å². The minimum Gasteiger partial charge on any atom is -0.354 e. The molecule has 0 saturated carbocycles. The zero-order chi connectivity index (χ0) is 23.8. The normalized spacial score (nSPS) is 11.2. The number of amides is 1. The van der Waals surface area contributed by atoms with Crippen LogP contribution in [0.2, 0.25) is 10.0 Å². The molecule has 3 aromatic rings. The van der Waals surface area contributed by atoms with Crippen molar-refractivity contribution in [2.45, 2.75) is 10.6 Å². The second-order valence-corrected chi connectivity index (χ2v) is 10.8. The Morgan fingerprint density at radius 3 is 2.39 bits per heavy atom. The highest BCUT2D eigenvalue weighted by Gasteiger charge is 2.27. The molecule has 3 rings (SSSR count). The van der Waals surface area contributed by atoms with Crippen LogP contribution in [0.1, 0.15) is 5.56 Å². The Labute approximate surface area is 206 Å². The third kappa shape index (κ3) is 7.11. The van der Waals surface area contributed by atoms with Gasteiger partial charge in [-0.1, -0.05) is 47.5 Å². The van der Waals surface area contributed by atoms with E-state index in [4.69, 9.17) is 23.2 Å². The molecule has 174 valence electrons. The maximum atomic E-state index is 13.7. The number of halogens is 3. The molecule has 0 fully saturated rings. The summed E-state index contributed by atoms with van der Waals surface area (Å²) in [4.78, 5) is 12.6. The number of carbonyl (C=O) groups is 1. The molecule has 0 saturated heterocycles. The van der Waals surface area contributed by atoms with Gasteiger partial charge in [0.25, 0.3) is 10.0 Å². The van der Waals surface area contributed by atoms with Gasteiger partial charge >= 0.3 is 0 Å². The second kappa shape index (κ2) is 11.7. The highest BCUT2D eigenvalue weighted by Crippen LogP contribution is 2.26. The molecule has 3 aromatic carbocycles. The van der Waals surface area contributed by atoms with Crippen molar-refractivity contribution < 1.29 is 17.6 Å². The second-order valence-electron chi connectivity index (χ2n) is 6.94. The lowest BCUT2D eigenvalue weighted by Crippen LogP contribution is -2.41. The fourth-order valence-corrected chi connectivity index (χ4v) is 5.49. The lowest BCUT2D eigenvalue weighted by Gasteiger charge is -2.24. The summed E-state index contributed by atoms with van der Waals surface area (Å²) >= 11 is 13.4. The molecule has 0 aliphatic heterocycles. The van der Waals surface area contributed by atoms with Gasteiger partial charge in [-0.15, -0.1) is 0 Å². The highest BCUT2D eigenvalue weighted by molar-refractivity contribution is 7.98. The maximum Gasteiger partial charge on any atom is 0.264 e. The average molecular weight is 527 g/mol. The molecular formula is C23H21Cl2FN2O3S2. The molecule has 0 atom stereocenters. The lowest BCUT2D eigenvalue weighted by molar-refractivity contribution is -0.119. The van der Waals surface area contributed by atoms with E-state index in [2.05, 4.69) is 5.32 Å². The van der Waals surface area contributed by atoms with E-state index in [-0.39, 0.29) is 16.4 Å². The summed E-state index contributed by atoms with van der Waals surface area (Å²) in [6.07, 6.45) is 0. The molecule has 0 aliphatic carbocycles. The van der Waals surface area contributed by atoms with Crippen LogP contribution < -0.4 is 9.62 Å². The zero-order valence-electron chi connectivity index (χ0n) is 17.4. The summed E-state index contributed by atoms with van der Waals surface area (Å²) in [6, 6.07) is 18.5. The number of benzene rings is 3. The number of sulfonamides is 1. The maximum absolute atomic E-state index is 13.7. The Morgan fingerprint density at radius 1 is 0.970 bits per heavy atom. The Balaban J connectivity index is 1.65. The molecule has 0 heterocycles. The van der Waals surface area contributed by atoms with Crippen LogP contribution in [0.3, 0.4) is 0 Å². The topological polar surface area (TPSA) is 66.5 Å². The number of nitrogens with one attached hydrogen (secondary N) is 1. The smallest absolute Gasteiger partial charge is 0.264 e. The van der Waals surface area contributed by atoms with Crippen molar-refractivity contribution in [3.8, 4) is 0 Å². The molecule has 10 heteroatoms. The van der Waals surface area contributed by atoms with E-state index >= 15 is 0 Å². The van der Waals surface area contributed by atoms with Crippen molar-refractivity contribution in [2.24, 2.45) is 0 Å². The van der Waals surface area contributed by atoms with Gasteiger partial charge in [-0.05, 0) is 54.1 Å². The Hall–Kier alpha value is -2.26. The molecule has 0 aliphatic rings. The number of hydrogen-bond donors (Lipinski definition) is 1. The summed E-state index contributed by atoms with van der Waals surface area (Å²) in [5.74, 6) is 0.279. The molecule has 33 heavy (non-hydrogen) atoms. The monoisotopic (exact) mass is 526 g/mol. The van der Waals surface area contributed by atoms with Crippen LogP contribution in [0.25, 0.3) is 0 Å². The van der Waals surface area contributed by atoms with Gasteiger partial charge in [0.1, 0.15) is 12.4 Å². The Morgan fingerprint density at radius 2 is 1.70 bits per heavy atom. The van der Waals surface area contributed by atoms with Crippen LogP contribution in [0.5, 0.6) is 0 Å². The summed E-state index contributed by atoms with van der Waals surface area (Å²) in [7, 11) is -4.05. The molecule has 0 spiro atoms. The molecule has 1 N–H and O–H groups in total. The molecule has 0 bridgehead atoms. The highest BCUT2D eigenvalue weighted by atomic mass is 35.5. The fourth-order valence-electron chi connectivity index (χ4n) is 2.93. The fraction of sp³-hybridized carbons (Fsp3) is 0.174. The standard InChI is InChI=1S/C23H21Cl2FN2O3S2/c24-18-8-10-21(11-9-18)33(30,31)28(20-6-3-5-19(25)14-20)15-23(29)27-12-13-32-16-17-4-1-2-7-22(17)26/h1-11,14H,12-13,15-16H2,(H,27,29). The number of rotatable bonds is 10. The minimum atomic E-state index is -4.05. The number of nitrogens with zero attached hydrogens (tertiary/aromatic N) is 1. The number of anilines is 1. The average Bonchev–Trinajstić information content (AvgIpc) is 2.78. The quantitative estimate of drug-likeness (QED) is 0.360. The van der Waals surface area contributed by atoms with Gasteiger partial charge in [0.2, 0.25) is 5.91 Å². The van der Waals surface area contributed by atoms with E-state index in [1.165, 1.54) is 48.2 Å². The minimum absolute atomic E-state index is 0.000110. The van der Waals surface area contributed by atoms with Crippen molar-refractivity contribution >= 4 is 56.6 Å². The first-order valence-electron chi connectivity index (χ1n) is 9.89. The van der Waals surface area contributed by atoms with Gasteiger partial charge in [0.15, 0.2) is 0 Å². The Bertz CT molecular complexity index is 1210. The zero-order valence-corrected chi connectivity index (χ0v) is 20.5. The van der Waals surface area contributed by atoms with E-state index in [0.29, 0.717) is 33.7 Å². The SMILES string of the molecule is O=C(CN(c1cccc(Cl)c1)S(=O)(=O)c1ccc(Cl)cc1)NCCSCc1ccccc1F. The van der Waals surface area contributed by atoms with Crippen molar-refractivity contribution in [1.29, 1.82) is 0 Å². The van der Waals surface area contributed by atoms with E-state index in [9.17, 15) is 17.6 Å². The van der Waals surface area contributed by atoms with Gasteiger partial charge in [0.05, 0.1) is 10.6 Å². The van der Waals surface area contributed by atoms with Gasteiger partial charge in [0, 0.05) is 28.1 Å². The van der Waals surface area contributed by atoms with Gasteiger partial charge in [-0.25, -0.2) is 12.8 Å². The molecule has 5 nitrogen and oxygen atoms in total.